The fourth-order valence-electron chi connectivity index (χ4n) is 3.12. The highest BCUT2D eigenvalue weighted by molar-refractivity contribution is 7.20. The van der Waals surface area contributed by atoms with Crippen LogP contribution in [0.15, 0.2) is 41.1 Å². The predicted octanol–water partition coefficient (Wildman–Crippen LogP) is 2.55. The molecule has 4 rings (SSSR count). The maximum Gasteiger partial charge on any atom is 0.280 e. The van der Waals surface area contributed by atoms with Crippen molar-refractivity contribution in [2.24, 2.45) is 0 Å². The number of fused-ring (bicyclic) bond motifs is 1. The van der Waals surface area contributed by atoms with Gasteiger partial charge in [-0.2, -0.15) is 11.3 Å². The van der Waals surface area contributed by atoms with Crippen LogP contribution in [0.4, 0.5) is 0 Å². The number of aromatic nitrogens is 1. The Hall–Kier alpha value is -2.29. The Morgan fingerprint density at radius 3 is 2.67 bits per heavy atom. The molecule has 6 nitrogen and oxygen atoms in total. The zero-order valence-corrected chi connectivity index (χ0v) is 16.4. The molecular weight excluding hydrogens is 380 g/mol. The Balaban J connectivity index is 1.22. The van der Waals surface area contributed by atoms with Gasteiger partial charge in [0, 0.05) is 44.6 Å². The third kappa shape index (κ3) is 4.18. The van der Waals surface area contributed by atoms with Crippen LogP contribution in [0.1, 0.15) is 20.2 Å². The van der Waals surface area contributed by atoms with Crippen molar-refractivity contribution in [2.75, 3.05) is 39.3 Å². The SMILES string of the molecule is O=C(NCCN1CCN(C(=O)c2ccsc2)CC1)c1nc2ccccc2s1. The van der Waals surface area contributed by atoms with Crippen molar-refractivity contribution >= 4 is 44.7 Å². The molecule has 1 aromatic carbocycles. The number of nitrogens with zero attached hydrogens (tertiary/aromatic N) is 3. The van der Waals surface area contributed by atoms with Gasteiger partial charge in [-0.3, -0.25) is 14.5 Å². The fourth-order valence-corrected chi connectivity index (χ4v) is 4.63. The molecule has 8 heteroatoms. The number of carbonyl (C=O) groups is 2. The van der Waals surface area contributed by atoms with Crippen molar-refractivity contribution < 1.29 is 9.59 Å². The second kappa shape index (κ2) is 8.16. The highest BCUT2D eigenvalue weighted by Gasteiger charge is 2.22. The summed E-state index contributed by atoms with van der Waals surface area (Å²) < 4.78 is 1.02. The highest BCUT2D eigenvalue weighted by Crippen LogP contribution is 2.21. The molecule has 0 radical (unpaired) electrons. The van der Waals surface area contributed by atoms with Crippen LogP contribution in [0.3, 0.4) is 0 Å². The first kappa shape index (κ1) is 18.1. The van der Waals surface area contributed by atoms with Crippen LogP contribution in [0.2, 0.25) is 0 Å². The van der Waals surface area contributed by atoms with Gasteiger partial charge >= 0.3 is 0 Å². The molecule has 0 saturated carbocycles. The molecule has 140 valence electrons. The van der Waals surface area contributed by atoms with E-state index in [1.807, 2.05) is 46.0 Å². The zero-order chi connectivity index (χ0) is 18.6. The molecule has 0 atom stereocenters. The maximum absolute atomic E-state index is 12.4. The van der Waals surface area contributed by atoms with Crippen molar-refractivity contribution in [1.82, 2.24) is 20.1 Å². The molecule has 1 saturated heterocycles. The number of benzene rings is 1. The molecule has 2 aromatic heterocycles. The van der Waals surface area contributed by atoms with E-state index >= 15 is 0 Å². The summed E-state index contributed by atoms with van der Waals surface area (Å²) in [4.78, 5) is 33.2. The van der Waals surface area contributed by atoms with E-state index in [2.05, 4.69) is 15.2 Å². The number of thiophene rings is 1. The molecule has 3 aromatic rings. The minimum atomic E-state index is -0.123. The first-order valence-corrected chi connectivity index (χ1v) is 10.6. The summed E-state index contributed by atoms with van der Waals surface area (Å²) in [7, 11) is 0. The summed E-state index contributed by atoms with van der Waals surface area (Å²) in [6, 6.07) is 9.63. The Labute approximate surface area is 165 Å². The number of piperazine rings is 1. The lowest BCUT2D eigenvalue weighted by Gasteiger charge is -2.34. The summed E-state index contributed by atoms with van der Waals surface area (Å²) in [5.41, 5.74) is 1.63. The third-order valence-electron chi connectivity index (χ3n) is 4.63. The fraction of sp³-hybridized carbons (Fsp3) is 0.316. The van der Waals surface area contributed by atoms with Gasteiger partial charge in [0.05, 0.1) is 15.8 Å². The van der Waals surface area contributed by atoms with Crippen molar-refractivity contribution in [3.05, 3.63) is 51.7 Å². The molecule has 0 bridgehead atoms. The van der Waals surface area contributed by atoms with Crippen molar-refractivity contribution in [3.63, 3.8) is 0 Å². The van der Waals surface area contributed by atoms with E-state index in [0.29, 0.717) is 11.6 Å². The minimum Gasteiger partial charge on any atom is -0.349 e. The summed E-state index contributed by atoms with van der Waals surface area (Å²) in [6.07, 6.45) is 0. The number of hydrogen-bond acceptors (Lipinski definition) is 6. The summed E-state index contributed by atoms with van der Waals surface area (Å²) in [6.45, 7) is 4.45. The second-order valence-electron chi connectivity index (χ2n) is 6.39. The van der Waals surface area contributed by atoms with Gasteiger partial charge in [0.15, 0.2) is 5.01 Å². The van der Waals surface area contributed by atoms with Crippen molar-refractivity contribution in [2.45, 2.75) is 0 Å². The van der Waals surface area contributed by atoms with Crippen LogP contribution in [0, 0.1) is 0 Å². The van der Waals surface area contributed by atoms with Crippen molar-refractivity contribution in [3.8, 4) is 0 Å². The summed E-state index contributed by atoms with van der Waals surface area (Å²) in [5, 5.41) is 7.28. The van der Waals surface area contributed by atoms with Crippen LogP contribution in [-0.4, -0.2) is 65.9 Å². The molecule has 0 spiro atoms. The van der Waals surface area contributed by atoms with Crippen molar-refractivity contribution in [1.29, 1.82) is 0 Å². The van der Waals surface area contributed by atoms with E-state index in [1.165, 1.54) is 11.3 Å². The predicted molar refractivity (Wildman–Crippen MR) is 109 cm³/mol. The number of para-hydroxylation sites is 1. The summed E-state index contributed by atoms with van der Waals surface area (Å²) in [5.74, 6) is -0.0116. The second-order valence-corrected chi connectivity index (χ2v) is 8.20. The van der Waals surface area contributed by atoms with E-state index < -0.39 is 0 Å². The van der Waals surface area contributed by atoms with Gasteiger partial charge in [-0.15, -0.1) is 11.3 Å². The van der Waals surface area contributed by atoms with E-state index in [-0.39, 0.29) is 11.8 Å². The molecule has 1 fully saturated rings. The number of rotatable bonds is 5. The maximum atomic E-state index is 12.4. The minimum absolute atomic E-state index is 0.111. The molecule has 0 aliphatic carbocycles. The number of carbonyl (C=O) groups excluding carboxylic acids is 2. The first-order chi connectivity index (χ1) is 13.2. The number of thiazole rings is 1. The summed E-state index contributed by atoms with van der Waals surface area (Å²) >= 11 is 2.96. The smallest absolute Gasteiger partial charge is 0.280 e. The van der Waals surface area contributed by atoms with Gasteiger partial charge < -0.3 is 10.2 Å². The number of amides is 2. The Morgan fingerprint density at radius 1 is 1.11 bits per heavy atom. The van der Waals surface area contributed by atoms with Crippen LogP contribution >= 0.6 is 22.7 Å². The topological polar surface area (TPSA) is 65.5 Å². The van der Waals surface area contributed by atoms with Crippen LogP contribution in [0.25, 0.3) is 10.2 Å². The first-order valence-electron chi connectivity index (χ1n) is 8.88. The Kier molecular flexibility index (Phi) is 5.47. The highest BCUT2D eigenvalue weighted by atomic mass is 32.1. The van der Waals surface area contributed by atoms with Crippen LogP contribution in [0.5, 0.6) is 0 Å². The lowest BCUT2D eigenvalue weighted by atomic mass is 10.2. The average Bonchev–Trinajstić information content (AvgIpc) is 3.37. The van der Waals surface area contributed by atoms with Gasteiger partial charge in [0.2, 0.25) is 0 Å². The van der Waals surface area contributed by atoms with E-state index in [1.54, 1.807) is 11.3 Å². The molecule has 0 unspecified atom stereocenters. The monoisotopic (exact) mass is 400 g/mol. The van der Waals surface area contributed by atoms with Gasteiger partial charge in [0.25, 0.3) is 11.8 Å². The average molecular weight is 401 g/mol. The van der Waals surface area contributed by atoms with Crippen LogP contribution < -0.4 is 5.32 Å². The molecule has 3 heterocycles. The van der Waals surface area contributed by atoms with Crippen LogP contribution in [-0.2, 0) is 0 Å². The molecule has 1 aliphatic heterocycles. The number of nitrogens with one attached hydrogen (secondary N) is 1. The standard InChI is InChI=1S/C19H20N4O2S2/c24-17(18-21-15-3-1-2-4-16(15)27-18)20-6-7-22-8-10-23(11-9-22)19(25)14-5-12-26-13-14/h1-5,12-13H,6-11H2,(H,20,24). The van der Waals surface area contributed by atoms with Gasteiger partial charge in [0.1, 0.15) is 0 Å². The Morgan fingerprint density at radius 2 is 1.93 bits per heavy atom. The van der Waals surface area contributed by atoms with E-state index in [4.69, 9.17) is 0 Å². The van der Waals surface area contributed by atoms with Gasteiger partial charge in [-0.1, -0.05) is 12.1 Å². The van der Waals surface area contributed by atoms with Gasteiger partial charge in [-0.05, 0) is 23.6 Å². The van der Waals surface area contributed by atoms with Gasteiger partial charge in [-0.25, -0.2) is 4.98 Å². The molecule has 27 heavy (non-hydrogen) atoms. The largest absolute Gasteiger partial charge is 0.349 e. The molecule has 2 amide bonds. The third-order valence-corrected chi connectivity index (χ3v) is 6.35. The van der Waals surface area contributed by atoms with E-state index in [0.717, 1.165) is 48.5 Å². The molecular formula is C19H20N4O2S2. The Bertz CT molecular complexity index is 897. The lowest BCUT2D eigenvalue weighted by molar-refractivity contribution is 0.0638. The zero-order valence-electron chi connectivity index (χ0n) is 14.8. The lowest BCUT2D eigenvalue weighted by Crippen LogP contribution is -2.50. The molecule has 1 N–H and O–H groups in total. The number of hydrogen-bond donors (Lipinski definition) is 1. The molecule has 1 aliphatic rings. The van der Waals surface area contributed by atoms with E-state index in [9.17, 15) is 9.59 Å². The quantitative estimate of drug-likeness (QED) is 0.715. The normalized spacial score (nSPS) is 15.2.